The van der Waals surface area contributed by atoms with E-state index in [1.54, 1.807) is 12.1 Å². The predicted molar refractivity (Wildman–Crippen MR) is 73.0 cm³/mol. The van der Waals surface area contributed by atoms with Crippen LogP contribution < -0.4 is 5.32 Å². The Balaban J connectivity index is 2.71. The van der Waals surface area contributed by atoms with Gasteiger partial charge in [-0.1, -0.05) is 33.1 Å². The summed E-state index contributed by atoms with van der Waals surface area (Å²) in [5.41, 5.74) is 0.863. The average Bonchev–Trinajstić information content (AvgIpc) is 2.38. The van der Waals surface area contributed by atoms with Crippen molar-refractivity contribution >= 4 is 5.69 Å². The number of nitrogens with zero attached hydrogens (tertiary/aromatic N) is 1. The first-order chi connectivity index (χ1) is 8.71. The monoisotopic (exact) mass is 248 g/mol. The molecule has 1 atom stereocenters. The molecule has 0 radical (unpaired) electrons. The highest BCUT2D eigenvalue weighted by Gasteiger charge is 2.10. The van der Waals surface area contributed by atoms with Crippen LogP contribution in [0, 0.1) is 17.1 Å². The number of hydrogen-bond donors (Lipinski definition) is 1. The molecule has 1 rings (SSSR count). The Labute approximate surface area is 109 Å². The maximum atomic E-state index is 13.7. The molecule has 0 aliphatic heterocycles. The lowest BCUT2D eigenvalue weighted by atomic mass is 10.0. The van der Waals surface area contributed by atoms with Gasteiger partial charge < -0.3 is 5.32 Å². The van der Waals surface area contributed by atoms with E-state index in [1.165, 1.54) is 6.07 Å². The van der Waals surface area contributed by atoms with Gasteiger partial charge in [0, 0.05) is 6.04 Å². The summed E-state index contributed by atoms with van der Waals surface area (Å²) in [7, 11) is 0. The molecule has 1 N–H and O–H groups in total. The van der Waals surface area contributed by atoms with Crippen LogP contribution in [0.15, 0.2) is 18.2 Å². The van der Waals surface area contributed by atoms with Gasteiger partial charge in [-0.3, -0.25) is 0 Å². The Bertz CT molecular complexity index is 409. The number of rotatable bonds is 7. The molecule has 98 valence electrons. The SMILES string of the molecule is CCCCC(CCC)Nc1ccc(C#N)cc1F. The fourth-order valence-corrected chi connectivity index (χ4v) is 2.01. The normalized spacial score (nSPS) is 11.9. The quantitative estimate of drug-likeness (QED) is 0.772. The first-order valence-corrected chi connectivity index (χ1v) is 6.67. The van der Waals surface area contributed by atoms with E-state index in [0.29, 0.717) is 17.3 Å². The molecule has 0 heterocycles. The molecular weight excluding hydrogens is 227 g/mol. The van der Waals surface area contributed by atoms with Gasteiger partial charge in [-0.2, -0.15) is 5.26 Å². The summed E-state index contributed by atoms with van der Waals surface area (Å²) < 4.78 is 13.7. The Kier molecular flexibility index (Phi) is 6.21. The van der Waals surface area contributed by atoms with Gasteiger partial charge in [0.15, 0.2) is 0 Å². The van der Waals surface area contributed by atoms with Crippen LogP contribution in [-0.2, 0) is 0 Å². The van der Waals surface area contributed by atoms with E-state index in [-0.39, 0.29) is 5.82 Å². The zero-order valence-corrected chi connectivity index (χ0v) is 11.2. The van der Waals surface area contributed by atoms with Gasteiger partial charge in [0.2, 0.25) is 0 Å². The van der Waals surface area contributed by atoms with Gasteiger partial charge in [-0.25, -0.2) is 4.39 Å². The van der Waals surface area contributed by atoms with Gasteiger partial charge in [0.25, 0.3) is 0 Å². The van der Waals surface area contributed by atoms with E-state index >= 15 is 0 Å². The number of hydrogen-bond acceptors (Lipinski definition) is 2. The van der Waals surface area contributed by atoms with E-state index in [4.69, 9.17) is 5.26 Å². The van der Waals surface area contributed by atoms with Crippen LogP contribution in [0.25, 0.3) is 0 Å². The van der Waals surface area contributed by atoms with Crippen LogP contribution in [0.2, 0.25) is 0 Å². The average molecular weight is 248 g/mol. The zero-order chi connectivity index (χ0) is 13.4. The summed E-state index contributed by atoms with van der Waals surface area (Å²) in [5, 5.41) is 11.9. The highest BCUT2D eigenvalue weighted by Crippen LogP contribution is 2.19. The summed E-state index contributed by atoms with van der Waals surface area (Å²) in [6, 6.07) is 6.84. The van der Waals surface area contributed by atoms with Crippen molar-refractivity contribution in [2.24, 2.45) is 0 Å². The molecule has 0 aliphatic carbocycles. The van der Waals surface area contributed by atoms with Gasteiger partial charge in [0.1, 0.15) is 5.82 Å². The maximum Gasteiger partial charge on any atom is 0.147 e. The number of nitrogens with one attached hydrogen (secondary N) is 1. The Morgan fingerprint density at radius 1 is 1.28 bits per heavy atom. The van der Waals surface area contributed by atoms with Crippen molar-refractivity contribution in [1.82, 2.24) is 0 Å². The lowest BCUT2D eigenvalue weighted by molar-refractivity contribution is 0.556. The fourth-order valence-electron chi connectivity index (χ4n) is 2.01. The van der Waals surface area contributed by atoms with Crippen molar-refractivity contribution in [3.8, 4) is 6.07 Å². The molecule has 0 amide bonds. The highest BCUT2D eigenvalue weighted by molar-refractivity contribution is 5.49. The molecule has 1 aromatic rings. The second-order valence-electron chi connectivity index (χ2n) is 4.58. The molecule has 0 aromatic heterocycles. The van der Waals surface area contributed by atoms with Gasteiger partial charge in [-0.05, 0) is 31.0 Å². The lowest BCUT2D eigenvalue weighted by Crippen LogP contribution is -2.19. The Hall–Kier alpha value is -1.56. The Morgan fingerprint density at radius 2 is 2.06 bits per heavy atom. The predicted octanol–water partition coefficient (Wildman–Crippen LogP) is 4.47. The first-order valence-electron chi connectivity index (χ1n) is 6.67. The van der Waals surface area contributed by atoms with Gasteiger partial charge in [0.05, 0.1) is 17.3 Å². The molecule has 0 bridgehead atoms. The Morgan fingerprint density at radius 3 is 2.61 bits per heavy atom. The molecule has 0 spiro atoms. The van der Waals surface area contributed by atoms with E-state index in [0.717, 1.165) is 32.1 Å². The summed E-state index contributed by atoms with van der Waals surface area (Å²) >= 11 is 0. The molecule has 1 unspecified atom stereocenters. The third-order valence-electron chi connectivity index (χ3n) is 3.00. The number of nitriles is 1. The van der Waals surface area contributed by atoms with E-state index < -0.39 is 0 Å². The highest BCUT2D eigenvalue weighted by atomic mass is 19.1. The summed E-state index contributed by atoms with van der Waals surface area (Å²) in [4.78, 5) is 0. The van der Waals surface area contributed by atoms with E-state index in [1.807, 2.05) is 6.07 Å². The van der Waals surface area contributed by atoms with Crippen LogP contribution in [0.5, 0.6) is 0 Å². The minimum atomic E-state index is -0.341. The summed E-state index contributed by atoms with van der Waals surface area (Å²) in [6.07, 6.45) is 5.48. The molecule has 0 saturated carbocycles. The summed E-state index contributed by atoms with van der Waals surface area (Å²) in [5.74, 6) is -0.341. The molecular formula is C15H21FN2. The molecule has 0 fully saturated rings. The molecule has 0 saturated heterocycles. The third kappa shape index (κ3) is 4.37. The minimum Gasteiger partial charge on any atom is -0.380 e. The zero-order valence-electron chi connectivity index (χ0n) is 11.2. The van der Waals surface area contributed by atoms with Crippen molar-refractivity contribution in [3.63, 3.8) is 0 Å². The van der Waals surface area contributed by atoms with Crippen LogP contribution in [0.4, 0.5) is 10.1 Å². The van der Waals surface area contributed by atoms with Crippen LogP contribution in [-0.4, -0.2) is 6.04 Å². The second kappa shape index (κ2) is 7.71. The van der Waals surface area contributed by atoms with Crippen LogP contribution in [0.3, 0.4) is 0 Å². The summed E-state index contributed by atoms with van der Waals surface area (Å²) in [6.45, 7) is 4.29. The van der Waals surface area contributed by atoms with Gasteiger partial charge in [-0.15, -0.1) is 0 Å². The lowest BCUT2D eigenvalue weighted by Gasteiger charge is -2.19. The number of halogens is 1. The molecule has 1 aromatic carbocycles. The van der Waals surface area contributed by atoms with E-state index in [2.05, 4.69) is 19.2 Å². The first kappa shape index (κ1) is 14.5. The smallest absolute Gasteiger partial charge is 0.147 e. The van der Waals surface area contributed by atoms with E-state index in [9.17, 15) is 4.39 Å². The van der Waals surface area contributed by atoms with Crippen molar-refractivity contribution in [2.75, 3.05) is 5.32 Å². The van der Waals surface area contributed by atoms with Crippen molar-refractivity contribution in [2.45, 2.75) is 52.0 Å². The number of anilines is 1. The number of benzene rings is 1. The largest absolute Gasteiger partial charge is 0.380 e. The third-order valence-corrected chi connectivity index (χ3v) is 3.00. The standard InChI is InChI=1S/C15H21FN2/c1-3-5-7-13(6-4-2)18-15-9-8-12(11-17)10-14(15)16/h8-10,13,18H,3-7H2,1-2H3. The van der Waals surface area contributed by atoms with Crippen molar-refractivity contribution < 1.29 is 4.39 Å². The number of unbranched alkanes of at least 4 members (excludes halogenated alkanes) is 1. The molecule has 2 nitrogen and oxygen atoms in total. The second-order valence-corrected chi connectivity index (χ2v) is 4.58. The maximum absolute atomic E-state index is 13.7. The molecule has 18 heavy (non-hydrogen) atoms. The van der Waals surface area contributed by atoms with Crippen LogP contribution >= 0.6 is 0 Å². The van der Waals surface area contributed by atoms with Gasteiger partial charge >= 0.3 is 0 Å². The fraction of sp³-hybridized carbons (Fsp3) is 0.533. The molecule has 3 heteroatoms. The van der Waals surface area contributed by atoms with Crippen molar-refractivity contribution in [1.29, 1.82) is 5.26 Å². The minimum absolute atomic E-state index is 0.317. The van der Waals surface area contributed by atoms with Crippen LogP contribution in [0.1, 0.15) is 51.5 Å². The molecule has 0 aliphatic rings. The van der Waals surface area contributed by atoms with Crippen molar-refractivity contribution in [3.05, 3.63) is 29.6 Å². The topological polar surface area (TPSA) is 35.8 Å².